The Morgan fingerprint density at radius 2 is 1.04 bits per heavy atom. The van der Waals surface area contributed by atoms with Crippen molar-refractivity contribution in [3.05, 3.63) is 71.8 Å². The fourth-order valence-corrected chi connectivity index (χ4v) is 4.16. The fraction of sp³-hybridized carbons (Fsp3) is 0.455. The Kier molecular flexibility index (Phi) is 8.53. The molecule has 0 aliphatic heterocycles. The predicted molar refractivity (Wildman–Crippen MR) is 108 cm³/mol. The van der Waals surface area contributed by atoms with Gasteiger partial charge in [0.2, 0.25) is 0 Å². The van der Waals surface area contributed by atoms with Gasteiger partial charge >= 0.3 is 0 Å². The molecular weight excluding hydrogens is 328 g/mol. The highest BCUT2D eigenvalue weighted by molar-refractivity contribution is 7.99. The van der Waals surface area contributed by atoms with Gasteiger partial charge in [0.1, 0.15) is 0 Å². The first-order chi connectivity index (χ1) is 12.1. The van der Waals surface area contributed by atoms with Crippen LogP contribution in [0.3, 0.4) is 0 Å². The molecule has 136 valence electrons. The molecule has 0 saturated heterocycles. The summed E-state index contributed by atoms with van der Waals surface area (Å²) in [4.78, 5) is 0. The summed E-state index contributed by atoms with van der Waals surface area (Å²) in [6, 6.07) is 20.6. The van der Waals surface area contributed by atoms with Gasteiger partial charge in [-0.05, 0) is 35.8 Å². The van der Waals surface area contributed by atoms with Gasteiger partial charge in [0.05, 0.1) is 12.2 Å². The van der Waals surface area contributed by atoms with E-state index >= 15 is 0 Å². The molecule has 4 atom stereocenters. The Hall–Kier alpha value is -1.29. The number of hydrogen-bond acceptors (Lipinski definition) is 3. The van der Waals surface area contributed by atoms with Crippen LogP contribution < -0.4 is 0 Å². The SMILES string of the molecule is CC(Cc1ccccc1)C(O)CSCC(O)C(C)Cc1ccccc1. The summed E-state index contributed by atoms with van der Waals surface area (Å²) in [5, 5.41) is 20.7. The molecule has 0 radical (unpaired) electrons. The van der Waals surface area contributed by atoms with Crippen molar-refractivity contribution in [1.82, 2.24) is 0 Å². The highest BCUT2D eigenvalue weighted by Gasteiger charge is 2.18. The number of aliphatic hydroxyl groups is 2. The van der Waals surface area contributed by atoms with Crippen LogP contribution in [0, 0.1) is 11.8 Å². The molecule has 25 heavy (non-hydrogen) atoms. The maximum atomic E-state index is 10.4. The average molecular weight is 359 g/mol. The van der Waals surface area contributed by atoms with Crippen LogP contribution in [0.5, 0.6) is 0 Å². The maximum absolute atomic E-state index is 10.4. The van der Waals surface area contributed by atoms with Crippen molar-refractivity contribution < 1.29 is 10.2 Å². The topological polar surface area (TPSA) is 40.5 Å². The summed E-state index contributed by atoms with van der Waals surface area (Å²) in [5.74, 6) is 1.77. The molecule has 2 aromatic rings. The molecule has 0 heterocycles. The van der Waals surface area contributed by atoms with E-state index in [2.05, 4.69) is 38.1 Å². The summed E-state index contributed by atoms with van der Waals surface area (Å²) in [7, 11) is 0. The Balaban J connectivity index is 1.68. The zero-order valence-electron chi connectivity index (χ0n) is 15.2. The Bertz CT molecular complexity index is 534. The highest BCUT2D eigenvalue weighted by atomic mass is 32.2. The van der Waals surface area contributed by atoms with E-state index in [1.165, 1.54) is 11.1 Å². The molecule has 0 amide bonds. The second-order valence-electron chi connectivity index (χ2n) is 7.01. The molecule has 2 nitrogen and oxygen atoms in total. The van der Waals surface area contributed by atoms with Crippen molar-refractivity contribution in [2.45, 2.75) is 38.9 Å². The second-order valence-corrected chi connectivity index (χ2v) is 8.08. The predicted octanol–water partition coefficient (Wildman–Crippen LogP) is 4.20. The third-order valence-electron chi connectivity index (χ3n) is 4.69. The third-order valence-corrected chi connectivity index (χ3v) is 5.85. The first-order valence-corrected chi connectivity index (χ1v) is 10.2. The van der Waals surface area contributed by atoms with Crippen LogP contribution >= 0.6 is 11.8 Å². The smallest absolute Gasteiger partial charge is 0.0659 e. The van der Waals surface area contributed by atoms with E-state index in [9.17, 15) is 10.2 Å². The van der Waals surface area contributed by atoms with Crippen molar-refractivity contribution in [3.63, 3.8) is 0 Å². The molecule has 4 unspecified atom stereocenters. The zero-order chi connectivity index (χ0) is 18.1. The van der Waals surface area contributed by atoms with Crippen LogP contribution in [0.15, 0.2) is 60.7 Å². The summed E-state index contributed by atoms with van der Waals surface area (Å²) in [6.45, 7) is 4.18. The summed E-state index contributed by atoms with van der Waals surface area (Å²) < 4.78 is 0. The van der Waals surface area contributed by atoms with Gasteiger partial charge in [-0.15, -0.1) is 0 Å². The van der Waals surface area contributed by atoms with Gasteiger partial charge in [-0.1, -0.05) is 74.5 Å². The van der Waals surface area contributed by atoms with Gasteiger partial charge in [-0.2, -0.15) is 11.8 Å². The minimum atomic E-state index is -0.346. The molecule has 0 aromatic heterocycles. The Labute approximate surface area is 156 Å². The molecule has 2 rings (SSSR count). The second kappa shape index (κ2) is 10.6. The van der Waals surface area contributed by atoms with E-state index in [0.717, 1.165) is 12.8 Å². The van der Waals surface area contributed by atoms with E-state index < -0.39 is 0 Å². The molecule has 2 aromatic carbocycles. The third kappa shape index (κ3) is 7.23. The zero-order valence-corrected chi connectivity index (χ0v) is 16.0. The van der Waals surface area contributed by atoms with E-state index in [0.29, 0.717) is 11.5 Å². The Morgan fingerprint density at radius 1 is 0.680 bits per heavy atom. The van der Waals surface area contributed by atoms with E-state index in [1.807, 2.05) is 36.4 Å². The van der Waals surface area contributed by atoms with Gasteiger partial charge < -0.3 is 10.2 Å². The monoisotopic (exact) mass is 358 g/mol. The van der Waals surface area contributed by atoms with Crippen molar-refractivity contribution in [2.24, 2.45) is 11.8 Å². The lowest BCUT2D eigenvalue weighted by Crippen LogP contribution is -2.26. The first kappa shape index (κ1) is 20.0. The summed E-state index contributed by atoms with van der Waals surface area (Å²) in [5.41, 5.74) is 2.52. The van der Waals surface area contributed by atoms with Crippen LogP contribution in [-0.4, -0.2) is 33.9 Å². The largest absolute Gasteiger partial charge is 0.392 e. The lowest BCUT2D eigenvalue weighted by Gasteiger charge is -2.21. The summed E-state index contributed by atoms with van der Waals surface area (Å²) >= 11 is 1.65. The van der Waals surface area contributed by atoms with Crippen molar-refractivity contribution >= 4 is 11.8 Å². The molecule has 0 aliphatic carbocycles. The molecular formula is C22H30O2S. The number of benzene rings is 2. The molecule has 3 heteroatoms. The first-order valence-electron chi connectivity index (χ1n) is 9.08. The van der Waals surface area contributed by atoms with Crippen LogP contribution in [0.4, 0.5) is 0 Å². The standard InChI is InChI=1S/C22H30O2S/c1-17(13-19-9-5-3-6-10-19)21(23)15-25-16-22(24)18(2)14-20-11-7-4-8-12-20/h3-12,17-18,21-24H,13-16H2,1-2H3. The Morgan fingerprint density at radius 3 is 1.40 bits per heavy atom. The minimum Gasteiger partial charge on any atom is -0.392 e. The highest BCUT2D eigenvalue weighted by Crippen LogP contribution is 2.19. The number of rotatable bonds is 10. The van der Waals surface area contributed by atoms with Crippen molar-refractivity contribution in [2.75, 3.05) is 11.5 Å². The van der Waals surface area contributed by atoms with Crippen molar-refractivity contribution in [3.8, 4) is 0 Å². The van der Waals surface area contributed by atoms with Crippen LogP contribution in [-0.2, 0) is 12.8 Å². The van der Waals surface area contributed by atoms with Crippen LogP contribution in [0.25, 0.3) is 0 Å². The average Bonchev–Trinajstić information content (AvgIpc) is 2.63. The van der Waals surface area contributed by atoms with E-state index in [1.54, 1.807) is 11.8 Å². The molecule has 2 N–H and O–H groups in total. The van der Waals surface area contributed by atoms with Gasteiger partial charge in [0.15, 0.2) is 0 Å². The molecule has 0 aliphatic rings. The van der Waals surface area contributed by atoms with Crippen LogP contribution in [0.1, 0.15) is 25.0 Å². The fourth-order valence-electron chi connectivity index (χ4n) is 2.88. The van der Waals surface area contributed by atoms with E-state index in [4.69, 9.17) is 0 Å². The van der Waals surface area contributed by atoms with Crippen LogP contribution in [0.2, 0.25) is 0 Å². The molecule has 0 bridgehead atoms. The molecule has 0 spiro atoms. The maximum Gasteiger partial charge on any atom is 0.0659 e. The summed E-state index contributed by atoms with van der Waals surface area (Å²) in [6.07, 6.45) is 1.08. The van der Waals surface area contributed by atoms with Gasteiger partial charge in [-0.25, -0.2) is 0 Å². The number of aliphatic hydroxyl groups excluding tert-OH is 2. The number of hydrogen-bond donors (Lipinski definition) is 2. The number of thioether (sulfide) groups is 1. The minimum absolute atomic E-state index is 0.216. The van der Waals surface area contributed by atoms with Gasteiger partial charge in [0, 0.05) is 11.5 Å². The molecule has 0 fully saturated rings. The lowest BCUT2D eigenvalue weighted by atomic mass is 9.97. The van der Waals surface area contributed by atoms with E-state index in [-0.39, 0.29) is 24.0 Å². The van der Waals surface area contributed by atoms with Gasteiger partial charge in [-0.3, -0.25) is 0 Å². The van der Waals surface area contributed by atoms with Crippen molar-refractivity contribution in [1.29, 1.82) is 0 Å². The quantitative estimate of drug-likeness (QED) is 0.669. The normalized spacial score (nSPS) is 16.2. The lowest BCUT2D eigenvalue weighted by molar-refractivity contribution is 0.134. The van der Waals surface area contributed by atoms with Gasteiger partial charge in [0.25, 0.3) is 0 Å². The molecule has 0 saturated carbocycles.